The lowest BCUT2D eigenvalue weighted by molar-refractivity contribution is -0.138. The third-order valence-electron chi connectivity index (χ3n) is 6.15. The number of pyridine rings is 1. The Morgan fingerprint density at radius 2 is 1.67 bits per heavy atom. The number of nitrogens with one attached hydrogen (secondary N) is 1. The smallest absolute Gasteiger partial charge is 0.316 e. The van der Waals surface area contributed by atoms with Gasteiger partial charge in [-0.1, -0.05) is 0 Å². The van der Waals surface area contributed by atoms with Crippen LogP contribution in [0.2, 0.25) is 0 Å². The van der Waals surface area contributed by atoms with Crippen LogP contribution in [0.1, 0.15) is 32.1 Å². The average Bonchev–Trinajstić information content (AvgIpc) is 3.38. The summed E-state index contributed by atoms with van der Waals surface area (Å²) in [5.41, 5.74) is 2.38. The van der Waals surface area contributed by atoms with Crippen LogP contribution in [-0.4, -0.2) is 47.3 Å². The number of ether oxygens (including phenoxy) is 1. The van der Waals surface area contributed by atoms with Crippen LogP contribution in [-0.2, 0) is 4.79 Å². The predicted molar refractivity (Wildman–Crippen MR) is 125 cm³/mol. The summed E-state index contributed by atoms with van der Waals surface area (Å²) in [6.45, 7) is 0. The lowest BCUT2D eigenvalue weighted by Gasteiger charge is -2.27. The van der Waals surface area contributed by atoms with Gasteiger partial charge in [-0.3, -0.25) is 14.9 Å². The molecule has 11 heteroatoms. The highest BCUT2D eigenvalue weighted by Crippen LogP contribution is 2.29. The van der Waals surface area contributed by atoms with Crippen LogP contribution in [0.25, 0.3) is 34.0 Å². The van der Waals surface area contributed by atoms with Gasteiger partial charge in [0.15, 0.2) is 23.3 Å². The summed E-state index contributed by atoms with van der Waals surface area (Å²) in [6.07, 6.45) is 8.26. The summed E-state index contributed by atoms with van der Waals surface area (Å²) in [6, 6.07) is 7.37. The minimum atomic E-state index is -0.960. The van der Waals surface area contributed by atoms with Crippen molar-refractivity contribution in [2.24, 2.45) is 5.92 Å². The molecule has 184 valence electrons. The Morgan fingerprint density at radius 1 is 0.944 bits per heavy atom. The predicted octanol–water partition coefficient (Wildman–Crippen LogP) is 4.68. The van der Waals surface area contributed by atoms with Crippen molar-refractivity contribution in [1.82, 2.24) is 30.1 Å². The Morgan fingerprint density at radius 3 is 2.33 bits per heavy atom. The molecule has 3 aromatic heterocycles. The van der Waals surface area contributed by atoms with Crippen molar-refractivity contribution in [3.05, 3.63) is 60.6 Å². The van der Waals surface area contributed by atoms with E-state index in [1.807, 2.05) is 0 Å². The minimum Gasteiger partial charge on any atom is -0.481 e. The molecule has 1 aliphatic rings. The molecule has 3 heterocycles. The fourth-order valence-electron chi connectivity index (χ4n) is 4.22. The molecule has 5 rings (SSSR count). The van der Waals surface area contributed by atoms with Gasteiger partial charge in [0.05, 0.1) is 5.69 Å². The van der Waals surface area contributed by atoms with Crippen molar-refractivity contribution < 1.29 is 23.4 Å². The fraction of sp³-hybridized carbons (Fsp3) is 0.280. The summed E-state index contributed by atoms with van der Waals surface area (Å²) in [7, 11) is 0. The number of hydrogen-bond donors (Lipinski definition) is 2. The highest BCUT2D eigenvalue weighted by molar-refractivity contribution is 5.67. The molecular formula is C25H22F2N6O3. The standard InChI is InChI=1S/C25H22F2N6O3/c26-19-7-3-15(10-20(19)27)23-31-24(33-32-23)16-4-8-21(28-11-16)17-12-29-25(30-13-17)36-18-5-1-14(2-6-18)9-22(34)35/h3-4,7-8,10-14,18H,1-2,5-6,9H2,(H,34,35)(H,31,32,33). The summed E-state index contributed by atoms with van der Waals surface area (Å²) >= 11 is 0. The fourth-order valence-corrected chi connectivity index (χ4v) is 4.22. The molecule has 4 aromatic rings. The molecule has 0 aliphatic heterocycles. The topological polar surface area (TPSA) is 127 Å². The first kappa shape index (κ1) is 23.5. The van der Waals surface area contributed by atoms with Gasteiger partial charge in [-0.25, -0.2) is 23.7 Å². The largest absolute Gasteiger partial charge is 0.481 e. The molecule has 1 fully saturated rings. The number of rotatable bonds is 7. The van der Waals surface area contributed by atoms with E-state index in [-0.39, 0.29) is 24.5 Å². The first-order valence-corrected chi connectivity index (χ1v) is 11.5. The van der Waals surface area contributed by atoms with Gasteiger partial charge in [-0.15, -0.1) is 0 Å². The molecule has 36 heavy (non-hydrogen) atoms. The maximum absolute atomic E-state index is 13.5. The molecular weight excluding hydrogens is 470 g/mol. The normalized spacial score (nSPS) is 17.6. The average molecular weight is 492 g/mol. The maximum atomic E-state index is 13.5. The summed E-state index contributed by atoms with van der Waals surface area (Å²) < 4.78 is 32.6. The number of aromatic nitrogens is 6. The van der Waals surface area contributed by atoms with Crippen LogP contribution in [0.4, 0.5) is 8.78 Å². The zero-order valence-corrected chi connectivity index (χ0v) is 19.1. The zero-order chi connectivity index (χ0) is 25.1. The van der Waals surface area contributed by atoms with Crippen LogP contribution in [0.5, 0.6) is 6.01 Å². The van der Waals surface area contributed by atoms with E-state index in [9.17, 15) is 13.6 Å². The Bertz CT molecular complexity index is 1350. The lowest BCUT2D eigenvalue weighted by atomic mass is 9.85. The van der Waals surface area contributed by atoms with Crippen LogP contribution >= 0.6 is 0 Å². The monoisotopic (exact) mass is 492 g/mol. The molecule has 0 spiro atoms. The number of H-pyrrole nitrogens is 1. The van der Waals surface area contributed by atoms with Gasteiger partial charge < -0.3 is 9.84 Å². The highest BCUT2D eigenvalue weighted by atomic mass is 19.2. The molecule has 0 unspecified atom stereocenters. The van der Waals surface area contributed by atoms with E-state index in [0.29, 0.717) is 34.0 Å². The Labute approximate surface area is 204 Å². The SMILES string of the molecule is O=C(O)CC1CCC(Oc2ncc(-c3ccc(-c4n[nH]c(-c5ccc(F)c(F)c5)n4)cn3)cn2)CC1. The van der Waals surface area contributed by atoms with Crippen molar-refractivity contribution >= 4 is 5.97 Å². The Kier molecular flexibility index (Phi) is 6.61. The zero-order valence-electron chi connectivity index (χ0n) is 19.1. The van der Waals surface area contributed by atoms with E-state index in [4.69, 9.17) is 9.84 Å². The second-order valence-corrected chi connectivity index (χ2v) is 8.68. The van der Waals surface area contributed by atoms with E-state index in [1.165, 1.54) is 6.07 Å². The molecule has 0 atom stereocenters. The first-order valence-electron chi connectivity index (χ1n) is 11.5. The molecule has 1 aromatic carbocycles. The molecule has 0 saturated heterocycles. The maximum Gasteiger partial charge on any atom is 0.316 e. The van der Waals surface area contributed by atoms with Crippen molar-refractivity contribution in [2.75, 3.05) is 0 Å². The third-order valence-corrected chi connectivity index (χ3v) is 6.15. The number of carbonyl (C=O) groups is 1. The Balaban J connectivity index is 1.21. The second-order valence-electron chi connectivity index (χ2n) is 8.68. The van der Waals surface area contributed by atoms with E-state index in [2.05, 4.69) is 30.1 Å². The number of nitrogens with zero attached hydrogens (tertiary/aromatic N) is 5. The van der Waals surface area contributed by atoms with Gasteiger partial charge in [-0.2, -0.15) is 5.10 Å². The number of hydrogen-bond acceptors (Lipinski definition) is 7. The second kappa shape index (κ2) is 10.1. The van der Waals surface area contributed by atoms with Crippen molar-refractivity contribution in [2.45, 2.75) is 38.2 Å². The van der Waals surface area contributed by atoms with E-state index >= 15 is 0 Å². The molecule has 9 nitrogen and oxygen atoms in total. The number of carboxylic acids is 1. The summed E-state index contributed by atoms with van der Waals surface area (Å²) in [5, 5.41) is 15.8. The number of aliphatic carboxylic acids is 1. The third kappa shape index (κ3) is 5.35. The van der Waals surface area contributed by atoms with Gasteiger partial charge in [0.1, 0.15) is 6.10 Å². The van der Waals surface area contributed by atoms with Crippen LogP contribution in [0.3, 0.4) is 0 Å². The van der Waals surface area contributed by atoms with Crippen LogP contribution in [0.15, 0.2) is 48.9 Å². The summed E-state index contributed by atoms with van der Waals surface area (Å²) in [5.74, 6) is -1.76. The van der Waals surface area contributed by atoms with Crippen LogP contribution in [0, 0.1) is 17.6 Å². The van der Waals surface area contributed by atoms with Gasteiger partial charge >= 0.3 is 12.0 Å². The molecule has 1 aliphatic carbocycles. The lowest BCUT2D eigenvalue weighted by Crippen LogP contribution is -2.25. The summed E-state index contributed by atoms with van der Waals surface area (Å²) in [4.78, 5) is 28.2. The number of benzene rings is 1. The van der Waals surface area contributed by atoms with Crippen molar-refractivity contribution in [3.8, 4) is 40.0 Å². The number of carboxylic acid groups (broad SMARTS) is 1. The minimum absolute atomic E-state index is 0.0176. The van der Waals surface area contributed by atoms with Crippen LogP contribution < -0.4 is 4.74 Å². The Hall–Kier alpha value is -4.28. The van der Waals surface area contributed by atoms with Gasteiger partial charge in [0, 0.05) is 41.7 Å². The van der Waals surface area contributed by atoms with E-state index in [1.54, 1.807) is 30.7 Å². The quantitative estimate of drug-likeness (QED) is 0.381. The number of halogens is 2. The van der Waals surface area contributed by atoms with Crippen molar-refractivity contribution in [3.63, 3.8) is 0 Å². The van der Waals surface area contributed by atoms with Gasteiger partial charge in [0.25, 0.3) is 0 Å². The van der Waals surface area contributed by atoms with Gasteiger partial charge in [-0.05, 0) is 61.9 Å². The molecule has 0 radical (unpaired) electrons. The first-order chi connectivity index (χ1) is 17.4. The van der Waals surface area contributed by atoms with E-state index < -0.39 is 17.6 Å². The molecule has 2 N–H and O–H groups in total. The highest BCUT2D eigenvalue weighted by Gasteiger charge is 2.24. The molecule has 0 bridgehead atoms. The van der Waals surface area contributed by atoms with E-state index in [0.717, 1.165) is 37.8 Å². The molecule has 0 amide bonds. The van der Waals surface area contributed by atoms with Crippen molar-refractivity contribution in [1.29, 1.82) is 0 Å². The number of aromatic amines is 1. The van der Waals surface area contributed by atoms with Gasteiger partial charge in [0.2, 0.25) is 0 Å². The molecule has 1 saturated carbocycles.